The smallest absolute Gasteiger partial charge is 0.323 e. The first-order chi connectivity index (χ1) is 7.70. The molecule has 0 unspecified atom stereocenters. The number of likely N-dealkylation sites (tertiary alicyclic amines) is 1. The van der Waals surface area contributed by atoms with Crippen LogP contribution in [0.1, 0.15) is 12.0 Å². The lowest BCUT2D eigenvalue weighted by molar-refractivity contribution is -0.146. The average Bonchev–Trinajstić information content (AvgIpc) is 2.88. The van der Waals surface area contributed by atoms with E-state index >= 15 is 0 Å². The van der Waals surface area contributed by atoms with E-state index in [-0.39, 0.29) is 12.0 Å². The Morgan fingerprint density at radius 2 is 2.56 bits per heavy atom. The number of nitrogens with zero attached hydrogens (tertiary/aromatic N) is 1. The number of esters is 1. The van der Waals surface area contributed by atoms with Gasteiger partial charge in [0.25, 0.3) is 0 Å². The van der Waals surface area contributed by atoms with Gasteiger partial charge in [0, 0.05) is 25.1 Å². The van der Waals surface area contributed by atoms with Gasteiger partial charge in [0.05, 0.1) is 25.7 Å². The molecule has 0 saturated carbocycles. The molecule has 2 rings (SSSR count). The van der Waals surface area contributed by atoms with Gasteiger partial charge >= 0.3 is 5.97 Å². The number of carbonyl (C=O) groups excluding carboxylic acids is 1. The van der Waals surface area contributed by atoms with Crippen molar-refractivity contribution in [3.05, 3.63) is 24.2 Å². The van der Waals surface area contributed by atoms with Gasteiger partial charge in [-0.3, -0.25) is 9.69 Å². The summed E-state index contributed by atoms with van der Waals surface area (Å²) in [5.74, 6) is -0.292. The number of methoxy groups -OCH3 is 1. The van der Waals surface area contributed by atoms with Crippen LogP contribution < -0.4 is 0 Å². The maximum atomic E-state index is 11.5. The third-order valence-corrected chi connectivity index (χ3v) is 2.82. The van der Waals surface area contributed by atoms with Gasteiger partial charge in [0.2, 0.25) is 0 Å². The molecule has 0 aliphatic carbocycles. The molecular weight excluding hydrogens is 210 g/mol. The molecule has 16 heavy (non-hydrogen) atoms. The topological polar surface area (TPSA) is 62.9 Å². The van der Waals surface area contributed by atoms with E-state index in [1.54, 1.807) is 12.5 Å². The van der Waals surface area contributed by atoms with Crippen molar-refractivity contribution >= 4 is 5.97 Å². The molecule has 1 aliphatic heterocycles. The summed E-state index contributed by atoms with van der Waals surface area (Å²) in [6.07, 6.45) is 3.20. The van der Waals surface area contributed by atoms with E-state index in [9.17, 15) is 9.90 Å². The lowest BCUT2D eigenvalue weighted by Gasteiger charge is -2.20. The Morgan fingerprint density at radius 1 is 1.75 bits per heavy atom. The summed E-state index contributed by atoms with van der Waals surface area (Å²) in [5, 5.41) is 9.57. The fourth-order valence-electron chi connectivity index (χ4n) is 2.05. The highest BCUT2D eigenvalue weighted by Crippen LogP contribution is 2.21. The van der Waals surface area contributed by atoms with Crippen LogP contribution in [-0.2, 0) is 16.1 Å². The predicted molar refractivity (Wildman–Crippen MR) is 55.5 cm³/mol. The largest absolute Gasteiger partial charge is 0.472 e. The van der Waals surface area contributed by atoms with Gasteiger partial charge in [-0.05, 0) is 6.07 Å². The number of rotatable bonds is 3. The molecule has 0 bridgehead atoms. The summed E-state index contributed by atoms with van der Waals surface area (Å²) in [6.45, 7) is 1.08. The van der Waals surface area contributed by atoms with Gasteiger partial charge in [0.1, 0.15) is 6.04 Å². The molecule has 88 valence electrons. The van der Waals surface area contributed by atoms with Crippen molar-refractivity contribution in [1.29, 1.82) is 0 Å². The number of β-amino-alcohol motifs (C(OH)–C–C–N with tert-alkyl or cyclic N) is 1. The second-order valence-electron chi connectivity index (χ2n) is 3.99. The molecule has 1 fully saturated rings. The predicted octanol–water partition coefficient (Wildman–Crippen LogP) is 0.388. The van der Waals surface area contributed by atoms with Crippen molar-refractivity contribution < 1.29 is 19.1 Å². The molecule has 1 saturated heterocycles. The summed E-state index contributed by atoms with van der Waals surface area (Å²) in [5.41, 5.74) is 0.989. The van der Waals surface area contributed by atoms with Crippen LogP contribution in [0.15, 0.2) is 23.0 Å². The molecule has 5 heteroatoms. The van der Waals surface area contributed by atoms with E-state index in [2.05, 4.69) is 0 Å². The number of aliphatic hydroxyl groups is 1. The van der Waals surface area contributed by atoms with Crippen LogP contribution in [0.5, 0.6) is 0 Å². The van der Waals surface area contributed by atoms with E-state index in [0.29, 0.717) is 19.5 Å². The quantitative estimate of drug-likeness (QED) is 0.754. The van der Waals surface area contributed by atoms with E-state index in [1.165, 1.54) is 7.11 Å². The Kier molecular flexibility index (Phi) is 3.26. The van der Waals surface area contributed by atoms with Crippen molar-refractivity contribution in [3.8, 4) is 0 Å². The number of carbonyl (C=O) groups is 1. The SMILES string of the molecule is COC(=O)[C@@H]1C[C@@H](O)CN1Cc1ccoc1. The summed E-state index contributed by atoms with van der Waals surface area (Å²) in [4.78, 5) is 13.4. The third kappa shape index (κ3) is 2.25. The Morgan fingerprint density at radius 3 is 3.19 bits per heavy atom. The zero-order chi connectivity index (χ0) is 11.5. The first kappa shape index (κ1) is 11.2. The van der Waals surface area contributed by atoms with Crippen LogP contribution in [0, 0.1) is 0 Å². The summed E-state index contributed by atoms with van der Waals surface area (Å²) < 4.78 is 9.69. The van der Waals surface area contributed by atoms with Crippen molar-refractivity contribution in [2.24, 2.45) is 0 Å². The number of furan rings is 1. The molecule has 1 N–H and O–H groups in total. The number of ether oxygens (including phenoxy) is 1. The van der Waals surface area contributed by atoms with Gasteiger partial charge in [-0.2, -0.15) is 0 Å². The standard InChI is InChI=1S/C11H15NO4/c1-15-11(14)10-4-9(13)6-12(10)5-8-2-3-16-7-8/h2-3,7,9-10,13H,4-6H2,1H3/t9-,10+/m1/s1. The van der Waals surface area contributed by atoms with Crippen LogP contribution >= 0.6 is 0 Å². The minimum Gasteiger partial charge on any atom is -0.472 e. The molecule has 0 spiro atoms. The van der Waals surface area contributed by atoms with E-state index < -0.39 is 6.10 Å². The minimum atomic E-state index is -0.462. The van der Waals surface area contributed by atoms with Crippen LogP contribution in [-0.4, -0.2) is 41.8 Å². The average molecular weight is 225 g/mol. The maximum absolute atomic E-state index is 11.5. The lowest BCUT2D eigenvalue weighted by Crippen LogP contribution is -2.36. The lowest BCUT2D eigenvalue weighted by atomic mass is 10.2. The summed E-state index contributed by atoms with van der Waals surface area (Å²) in [7, 11) is 1.36. The Bertz CT molecular complexity index is 349. The highest BCUT2D eigenvalue weighted by molar-refractivity contribution is 5.76. The zero-order valence-electron chi connectivity index (χ0n) is 9.13. The molecule has 1 aliphatic rings. The molecule has 1 aromatic heterocycles. The van der Waals surface area contributed by atoms with E-state index in [4.69, 9.17) is 9.15 Å². The van der Waals surface area contributed by atoms with Crippen LogP contribution in [0.25, 0.3) is 0 Å². The zero-order valence-corrected chi connectivity index (χ0v) is 9.13. The minimum absolute atomic E-state index is 0.292. The number of hydrogen-bond donors (Lipinski definition) is 1. The van der Waals surface area contributed by atoms with Crippen molar-refractivity contribution in [3.63, 3.8) is 0 Å². The molecule has 5 nitrogen and oxygen atoms in total. The molecule has 0 aromatic carbocycles. The van der Waals surface area contributed by atoms with Crippen LogP contribution in [0.3, 0.4) is 0 Å². The first-order valence-electron chi connectivity index (χ1n) is 5.21. The summed E-state index contributed by atoms with van der Waals surface area (Å²) in [6, 6.07) is 1.49. The molecule has 0 radical (unpaired) electrons. The van der Waals surface area contributed by atoms with Gasteiger partial charge in [-0.15, -0.1) is 0 Å². The second kappa shape index (κ2) is 4.67. The van der Waals surface area contributed by atoms with Crippen LogP contribution in [0.2, 0.25) is 0 Å². The van der Waals surface area contributed by atoms with Gasteiger partial charge in [0.15, 0.2) is 0 Å². The van der Waals surface area contributed by atoms with E-state index in [0.717, 1.165) is 5.56 Å². The van der Waals surface area contributed by atoms with Crippen molar-refractivity contribution in [1.82, 2.24) is 4.90 Å². The van der Waals surface area contributed by atoms with Crippen LogP contribution in [0.4, 0.5) is 0 Å². The number of hydrogen-bond acceptors (Lipinski definition) is 5. The third-order valence-electron chi connectivity index (χ3n) is 2.82. The first-order valence-corrected chi connectivity index (χ1v) is 5.21. The maximum Gasteiger partial charge on any atom is 0.323 e. The van der Waals surface area contributed by atoms with Gasteiger partial charge < -0.3 is 14.3 Å². The highest BCUT2D eigenvalue weighted by atomic mass is 16.5. The second-order valence-corrected chi connectivity index (χ2v) is 3.99. The van der Waals surface area contributed by atoms with Gasteiger partial charge in [-0.1, -0.05) is 0 Å². The summed E-state index contributed by atoms with van der Waals surface area (Å²) >= 11 is 0. The van der Waals surface area contributed by atoms with Gasteiger partial charge in [-0.25, -0.2) is 0 Å². The van der Waals surface area contributed by atoms with E-state index in [1.807, 2.05) is 11.0 Å². The van der Waals surface area contributed by atoms with Crippen molar-refractivity contribution in [2.75, 3.05) is 13.7 Å². The van der Waals surface area contributed by atoms with Crippen molar-refractivity contribution in [2.45, 2.75) is 25.1 Å². The monoisotopic (exact) mass is 225 g/mol. The molecule has 2 heterocycles. The Labute approximate surface area is 93.6 Å². The fourth-order valence-corrected chi connectivity index (χ4v) is 2.05. The Hall–Kier alpha value is -1.33. The normalized spacial score (nSPS) is 25.9. The molecule has 0 amide bonds. The molecule has 1 aromatic rings. The fraction of sp³-hybridized carbons (Fsp3) is 0.545. The number of aliphatic hydroxyl groups excluding tert-OH is 1. The highest BCUT2D eigenvalue weighted by Gasteiger charge is 2.36. The molecule has 2 atom stereocenters. The molecular formula is C11H15NO4. The Balaban J connectivity index is 2.04.